The SMILES string of the molecule is CNC12CC1(CCOc1cc(C3=CCCC=C3O)nnc1N)C2. The monoisotopic (exact) mass is 314 g/mol. The van der Waals surface area contributed by atoms with Crippen molar-refractivity contribution in [2.45, 2.75) is 37.6 Å². The number of nitrogen functional groups attached to an aromatic ring is 1. The fourth-order valence-corrected chi connectivity index (χ4v) is 3.76. The molecule has 122 valence electrons. The predicted molar refractivity (Wildman–Crippen MR) is 87.9 cm³/mol. The van der Waals surface area contributed by atoms with E-state index in [2.05, 4.69) is 15.5 Å². The number of aliphatic hydroxyl groups is 1. The maximum absolute atomic E-state index is 9.98. The van der Waals surface area contributed by atoms with Crippen molar-refractivity contribution >= 4 is 11.4 Å². The van der Waals surface area contributed by atoms with Crippen molar-refractivity contribution in [1.82, 2.24) is 15.5 Å². The average Bonchev–Trinajstić information content (AvgIpc) is 3.36. The van der Waals surface area contributed by atoms with Crippen LogP contribution in [0.25, 0.3) is 5.57 Å². The van der Waals surface area contributed by atoms with Crippen LogP contribution in [0, 0.1) is 5.41 Å². The van der Waals surface area contributed by atoms with E-state index in [0.717, 1.165) is 19.3 Å². The van der Waals surface area contributed by atoms with Crippen molar-refractivity contribution in [3.63, 3.8) is 0 Å². The topological polar surface area (TPSA) is 93.3 Å². The van der Waals surface area contributed by atoms with Gasteiger partial charge in [0.15, 0.2) is 11.6 Å². The number of nitrogens with two attached hydrogens (primary N) is 1. The predicted octanol–water partition coefficient (Wildman–Crippen LogP) is 2.20. The molecule has 1 aromatic rings. The molecule has 0 bridgehead atoms. The van der Waals surface area contributed by atoms with Gasteiger partial charge in [0.2, 0.25) is 0 Å². The minimum absolute atomic E-state index is 0.245. The lowest BCUT2D eigenvalue weighted by Gasteiger charge is -2.13. The fourth-order valence-electron chi connectivity index (χ4n) is 3.76. The Bertz CT molecular complexity index is 705. The number of rotatable bonds is 6. The quantitative estimate of drug-likeness (QED) is 0.745. The summed E-state index contributed by atoms with van der Waals surface area (Å²) in [6.45, 7) is 0.625. The summed E-state index contributed by atoms with van der Waals surface area (Å²) in [5.74, 6) is 1.08. The second-order valence-electron chi connectivity index (χ2n) is 6.83. The zero-order valence-corrected chi connectivity index (χ0v) is 13.3. The van der Waals surface area contributed by atoms with Gasteiger partial charge in [-0.2, -0.15) is 0 Å². The Kier molecular flexibility index (Phi) is 3.13. The third-order valence-corrected chi connectivity index (χ3v) is 5.55. The van der Waals surface area contributed by atoms with Gasteiger partial charge >= 0.3 is 0 Å². The van der Waals surface area contributed by atoms with E-state index in [-0.39, 0.29) is 11.6 Å². The van der Waals surface area contributed by atoms with E-state index in [4.69, 9.17) is 10.5 Å². The van der Waals surface area contributed by atoms with Crippen LogP contribution in [0.4, 0.5) is 5.82 Å². The van der Waals surface area contributed by atoms with Crippen molar-refractivity contribution in [3.8, 4) is 5.75 Å². The highest BCUT2D eigenvalue weighted by molar-refractivity contribution is 5.76. The van der Waals surface area contributed by atoms with Crippen LogP contribution < -0.4 is 15.8 Å². The van der Waals surface area contributed by atoms with Crippen LogP contribution in [0.3, 0.4) is 0 Å². The Labute approximate surface area is 135 Å². The lowest BCUT2D eigenvalue weighted by Crippen LogP contribution is -2.16. The molecular formula is C17H22N4O2. The van der Waals surface area contributed by atoms with Gasteiger partial charge in [-0.25, -0.2) is 0 Å². The molecule has 6 nitrogen and oxygen atoms in total. The molecule has 0 atom stereocenters. The summed E-state index contributed by atoms with van der Waals surface area (Å²) < 4.78 is 5.85. The smallest absolute Gasteiger partial charge is 0.188 e. The number of fused-ring (bicyclic) bond motifs is 1. The van der Waals surface area contributed by atoms with Crippen LogP contribution in [0.5, 0.6) is 5.75 Å². The van der Waals surface area contributed by atoms with Crippen LogP contribution in [-0.2, 0) is 0 Å². The van der Waals surface area contributed by atoms with Gasteiger partial charge in [0, 0.05) is 17.2 Å². The number of ether oxygens (including phenoxy) is 1. The van der Waals surface area contributed by atoms with Crippen LogP contribution >= 0.6 is 0 Å². The second kappa shape index (κ2) is 4.96. The molecule has 23 heavy (non-hydrogen) atoms. The maximum atomic E-state index is 9.98. The van der Waals surface area contributed by atoms with Crippen molar-refractivity contribution in [3.05, 3.63) is 29.7 Å². The van der Waals surface area contributed by atoms with E-state index in [1.165, 1.54) is 12.8 Å². The number of anilines is 1. The zero-order chi connectivity index (χ0) is 16.1. The van der Waals surface area contributed by atoms with Crippen molar-refractivity contribution in [1.29, 1.82) is 0 Å². The number of nitrogens with one attached hydrogen (secondary N) is 1. The third kappa shape index (κ3) is 2.28. The summed E-state index contributed by atoms with van der Waals surface area (Å²) in [6, 6.07) is 1.77. The third-order valence-electron chi connectivity index (χ3n) is 5.55. The van der Waals surface area contributed by atoms with E-state index in [1.54, 1.807) is 12.1 Å². The van der Waals surface area contributed by atoms with Crippen LogP contribution in [0.15, 0.2) is 24.0 Å². The molecule has 0 spiro atoms. The van der Waals surface area contributed by atoms with Gasteiger partial charge < -0.3 is 20.9 Å². The highest BCUT2D eigenvalue weighted by Gasteiger charge is 2.81. The summed E-state index contributed by atoms with van der Waals surface area (Å²) in [6.07, 6.45) is 9.02. The fraction of sp³-hybridized carbons (Fsp3) is 0.529. The maximum Gasteiger partial charge on any atom is 0.188 e. The first-order valence-electron chi connectivity index (χ1n) is 8.14. The molecule has 2 saturated carbocycles. The molecule has 0 aliphatic heterocycles. The molecule has 0 radical (unpaired) electrons. The van der Waals surface area contributed by atoms with Gasteiger partial charge in [-0.3, -0.25) is 0 Å². The van der Waals surface area contributed by atoms with Gasteiger partial charge in [-0.05, 0) is 50.6 Å². The first-order valence-corrected chi connectivity index (χ1v) is 8.14. The molecule has 1 aromatic heterocycles. The van der Waals surface area contributed by atoms with Crippen LogP contribution in [-0.4, -0.2) is 34.5 Å². The Morgan fingerprint density at radius 1 is 1.30 bits per heavy atom. The summed E-state index contributed by atoms with van der Waals surface area (Å²) >= 11 is 0. The minimum atomic E-state index is 0.245. The van der Waals surface area contributed by atoms with Gasteiger partial charge in [0.25, 0.3) is 0 Å². The van der Waals surface area contributed by atoms with Crippen molar-refractivity contribution in [2.75, 3.05) is 19.4 Å². The van der Waals surface area contributed by atoms with E-state index >= 15 is 0 Å². The van der Waals surface area contributed by atoms with E-state index in [1.807, 2.05) is 13.1 Å². The standard InChI is InChI=1S/C17H22N4O2/c1-19-17-9-16(17,10-17)6-7-23-14-8-12(20-21-15(14)18)11-4-2-3-5-13(11)22/h4-5,8,19,22H,2-3,6-7,9-10H2,1H3,(H2,18,21). The molecule has 4 rings (SSSR count). The Morgan fingerprint density at radius 3 is 2.78 bits per heavy atom. The summed E-state index contributed by atoms with van der Waals surface area (Å²) in [4.78, 5) is 0. The molecular weight excluding hydrogens is 292 g/mol. The summed E-state index contributed by atoms with van der Waals surface area (Å²) in [5, 5.41) is 21.4. The molecule has 0 aromatic carbocycles. The van der Waals surface area contributed by atoms with Crippen molar-refractivity contribution < 1.29 is 9.84 Å². The van der Waals surface area contributed by atoms with E-state index in [0.29, 0.717) is 34.6 Å². The van der Waals surface area contributed by atoms with Gasteiger partial charge in [-0.15, -0.1) is 10.2 Å². The largest absolute Gasteiger partial charge is 0.508 e. The number of hydrogen-bond donors (Lipinski definition) is 3. The van der Waals surface area contributed by atoms with Gasteiger partial charge in [-0.1, -0.05) is 6.08 Å². The highest BCUT2D eigenvalue weighted by Crippen LogP contribution is 2.80. The number of allylic oxidation sites excluding steroid dienone is 3. The summed E-state index contributed by atoms with van der Waals surface area (Å²) in [7, 11) is 2.03. The molecule has 1 heterocycles. The Morgan fingerprint density at radius 2 is 2.09 bits per heavy atom. The lowest BCUT2D eigenvalue weighted by atomic mass is 10.0. The molecule has 3 aliphatic carbocycles. The zero-order valence-electron chi connectivity index (χ0n) is 13.3. The molecule has 0 unspecified atom stereocenters. The number of nitrogens with zero attached hydrogens (tertiary/aromatic N) is 2. The first-order chi connectivity index (χ1) is 11.1. The summed E-state index contributed by atoms with van der Waals surface area (Å²) in [5.41, 5.74) is 8.02. The molecule has 6 heteroatoms. The first kappa shape index (κ1) is 14.5. The van der Waals surface area contributed by atoms with Gasteiger partial charge in [0.1, 0.15) is 11.5 Å². The van der Waals surface area contributed by atoms with Crippen LogP contribution in [0.1, 0.15) is 37.8 Å². The van der Waals surface area contributed by atoms with E-state index < -0.39 is 0 Å². The van der Waals surface area contributed by atoms with Crippen molar-refractivity contribution in [2.24, 2.45) is 5.41 Å². The Hall–Kier alpha value is -2.08. The average molecular weight is 314 g/mol. The van der Waals surface area contributed by atoms with Gasteiger partial charge in [0.05, 0.1) is 6.61 Å². The highest BCUT2D eigenvalue weighted by atomic mass is 16.5. The molecule has 0 saturated heterocycles. The molecule has 2 fully saturated rings. The number of hydrogen-bond acceptors (Lipinski definition) is 6. The minimum Gasteiger partial charge on any atom is -0.508 e. The van der Waals surface area contributed by atoms with Crippen LogP contribution in [0.2, 0.25) is 0 Å². The Balaban J connectivity index is 1.43. The van der Waals surface area contributed by atoms with E-state index in [9.17, 15) is 5.11 Å². The number of aliphatic hydroxyl groups excluding tert-OH is 1. The molecule has 3 aliphatic rings. The molecule has 0 amide bonds. The lowest BCUT2D eigenvalue weighted by molar-refractivity contribution is 0.289. The normalized spacial score (nSPS) is 31.0. The second-order valence-corrected chi connectivity index (χ2v) is 6.83. The number of aromatic nitrogens is 2. The molecule has 4 N–H and O–H groups in total.